The molecule has 0 saturated heterocycles. The van der Waals surface area contributed by atoms with Crippen molar-refractivity contribution in [3.63, 3.8) is 0 Å². The lowest BCUT2D eigenvalue weighted by Gasteiger charge is -2.32. The van der Waals surface area contributed by atoms with E-state index in [4.69, 9.17) is 0 Å². The van der Waals surface area contributed by atoms with E-state index in [2.05, 4.69) is 10.4 Å². The number of carbonyl (C=O) groups is 1. The predicted octanol–water partition coefficient (Wildman–Crippen LogP) is -0.652. The van der Waals surface area contributed by atoms with Crippen LogP contribution in [-0.2, 0) is 11.3 Å². The lowest BCUT2D eigenvalue weighted by atomic mass is 9.85. The Morgan fingerprint density at radius 2 is 2.00 bits per heavy atom. The SMILES string of the molecule is O=C(Cn1[nH]c(=O)ccc1=O)NCC1(O)CCCCC1. The molecule has 0 atom stereocenters. The molecule has 1 amide bonds. The minimum Gasteiger partial charge on any atom is -0.388 e. The molecule has 110 valence electrons. The van der Waals surface area contributed by atoms with Crippen LogP contribution in [0.2, 0.25) is 0 Å². The number of hydrogen-bond donors (Lipinski definition) is 3. The van der Waals surface area contributed by atoms with Crippen LogP contribution < -0.4 is 16.4 Å². The minimum absolute atomic E-state index is 0.178. The van der Waals surface area contributed by atoms with E-state index in [1.54, 1.807) is 0 Å². The van der Waals surface area contributed by atoms with Gasteiger partial charge in [-0.25, -0.2) is 4.68 Å². The molecule has 2 rings (SSSR count). The molecular formula is C13H19N3O4. The van der Waals surface area contributed by atoms with Crippen LogP contribution in [0.4, 0.5) is 0 Å². The van der Waals surface area contributed by atoms with Crippen LogP contribution in [0, 0.1) is 0 Å². The van der Waals surface area contributed by atoms with Crippen LogP contribution in [0.25, 0.3) is 0 Å². The zero-order valence-corrected chi connectivity index (χ0v) is 11.2. The Kier molecular flexibility index (Phi) is 4.39. The summed E-state index contributed by atoms with van der Waals surface area (Å²) in [6.45, 7) is -0.0807. The number of amides is 1. The monoisotopic (exact) mass is 281 g/mol. The molecule has 0 unspecified atom stereocenters. The molecule has 20 heavy (non-hydrogen) atoms. The molecule has 0 aromatic carbocycles. The van der Waals surface area contributed by atoms with Gasteiger partial charge >= 0.3 is 0 Å². The zero-order valence-electron chi connectivity index (χ0n) is 11.2. The van der Waals surface area contributed by atoms with E-state index in [1.165, 1.54) is 0 Å². The van der Waals surface area contributed by atoms with Gasteiger partial charge in [-0.05, 0) is 12.8 Å². The van der Waals surface area contributed by atoms with Crippen LogP contribution in [0.3, 0.4) is 0 Å². The van der Waals surface area contributed by atoms with E-state index < -0.39 is 22.6 Å². The molecule has 0 aliphatic heterocycles. The van der Waals surface area contributed by atoms with Crippen molar-refractivity contribution in [1.29, 1.82) is 0 Å². The van der Waals surface area contributed by atoms with Crippen LogP contribution in [0.5, 0.6) is 0 Å². The number of rotatable bonds is 4. The van der Waals surface area contributed by atoms with Crippen molar-refractivity contribution in [3.8, 4) is 0 Å². The molecule has 0 radical (unpaired) electrons. The number of nitrogens with zero attached hydrogens (tertiary/aromatic N) is 1. The van der Waals surface area contributed by atoms with Gasteiger partial charge in [0, 0.05) is 18.7 Å². The first-order chi connectivity index (χ1) is 9.48. The van der Waals surface area contributed by atoms with E-state index in [0.717, 1.165) is 36.1 Å². The number of aromatic nitrogens is 2. The summed E-state index contributed by atoms with van der Waals surface area (Å²) in [4.78, 5) is 34.3. The van der Waals surface area contributed by atoms with E-state index in [1.807, 2.05) is 0 Å². The van der Waals surface area contributed by atoms with Crippen molar-refractivity contribution in [2.45, 2.75) is 44.2 Å². The molecule has 1 aromatic rings. The molecule has 7 nitrogen and oxygen atoms in total. The average molecular weight is 281 g/mol. The Labute approximate surface area is 115 Å². The highest BCUT2D eigenvalue weighted by Gasteiger charge is 2.29. The molecule has 3 N–H and O–H groups in total. The van der Waals surface area contributed by atoms with Crippen LogP contribution in [0.1, 0.15) is 32.1 Å². The van der Waals surface area contributed by atoms with Crippen LogP contribution in [0.15, 0.2) is 21.7 Å². The molecular weight excluding hydrogens is 262 g/mol. The maximum atomic E-state index is 11.8. The first-order valence-corrected chi connectivity index (χ1v) is 6.78. The summed E-state index contributed by atoms with van der Waals surface area (Å²) in [6.07, 6.45) is 4.37. The van der Waals surface area contributed by atoms with Crippen molar-refractivity contribution in [2.24, 2.45) is 0 Å². The molecule has 1 saturated carbocycles. The highest BCUT2D eigenvalue weighted by molar-refractivity contribution is 5.75. The maximum Gasteiger partial charge on any atom is 0.265 e. The molecule has 1 heterocycles. The van der Waals surface area contributed by atoms with Gasteiger partial charge in [0.2, 0.25) is 5.91 Å². The van der Waals surface area contributed by atoms with Gasteiger partial charge in [0.25, 0.3) is 11.1 Å². The Morgan fingerprint density at radius 1 is 1.30 bits per heavy atom. The summed E-state index contributed by atoms with van der Waals surface area (Å²) in [7, 11) is 0. The number of H-pyrrole nitrogens is 1. The standard InChI is InChI=1S/C13H19N3O4/c17-10-4-5-12(19)16(15-10)8-11(18)14-9-13(20)6-2-1-3-7-13/h4-5,20H,1-3,6-9H2,(H,14,18)(H,15,17). The van der Waals surface area contributed by atoms with Gasteiger partial charge in [-0.2, -0.15) is 0 Å². The fraction of sp³-hybridized carbons (Fsp3) is 0.615. The van der Waals surface area contributed by atoms with E-state index in [0.29, 0.717) is 12.8 Å². The van der Waals surface area contributed by atoms with Gasteiger partial charge in [-0.15, -0.1) is 0 Å². The van der Waals surface area contributed by atoms with Crippen molar-refractivity contribution >= 4 is 5.91 Å². The third-order valence-electron chi connectivity index (χ3n) is 3.59. The van der Waals surface area contributed by atoms with Crippen LogP contribution >= 0.6 is 0 Å². The molecule has 1 fully saturated rings. The summed E-state index contributed by atoms with van der Waals surface area (Å²) >= 11 is 0. The lowest BCUT2D eigenvalue weighted by Crippen LogP contribution is -2.46. The summed E-state index contributed by atoms with van der Waals surface area (Å²) in [6, 6.07) is 2.22. The molecule has 1 aliphatic rings. The lowest BCUT2D eigenvalue weighted by molar-refractivity contribution is -0.123. The molecule has 1 aromatic heterocycles. The second kappa shape index (κ2) is 6.04. The van der Waals surface area contributed by atoms with Gasteiger partial charge < -0.3 is 10.4 Å². The van der Waals surface area contributed by atoms with Crippen molar-refractivity contribution in [3.05, 3.63) is 32.8 Å². The van der Waals surface area contributed by atoms with Crippen molar-refractivity contribution in [1.82, 2.24) is 15.1 Å². The fourth-order valence-corrected chi connectivity index (χ4v) is 2.43. The summed E-state index contributed by atoms with van der Waals surface area (Å²) in [5.74, 6) is -0.409. The first kappa shape index (κ1) is 14.5. The highest BCUT2D eigenvalue weighted by atomic mass is 16.3. The fourth-order valence-electron chi connectivity index (χ4n) is 2.43. The van der Waals surface area contributed by atoms with E-state index >= 15 is 0 Å². The number of aliphatic hydroxyl groups is 1. The second-order valence-corrected chi connectivity index (χ2v) is 5.30. The van der Waals surface area contributed by atoms with Gasteiger partial charge in [-0.3, -0.25) is 19.5 Å². The topological polar surface area (TPSA) is 104 Å². The number of aromatic amines is 1. The maximum absolute atomic E-state index is 11.8. The van der Waals surface area contributed by atoms with Gasteiger partial charge in [0.05, 0.1) is 5.60 Å². The summed E-state index contributed by atoms with van der Waals surface area (Å²) in [5, 5.41) is 15.1. The van der Waals surface area contributed by atoms with Crippen molar-refractivity contribution in [2.75, 3.05) is 6.54 Å². The predicted molar refractivity (Wildman–Crippen MR) is 72.4 cm³/mol. The third-order valence-corrected chi connectivity index (χ3v) is 3.59. The number of hydrogen-bond acceptors (Lipinski definition) is 4. The quantitative estimate of drug-likeness (QED) is 0.682. The van der Waals surface area contributed by atoms with Crippen molar-refractivity contribution < 1.29 is 9.90 Å². The third kappa shape index (κ3) is 3.80. The average Bonchev–Trinajstić information content (AvgIpc) is 2.42. The van der Waals surface area contributed by atoms with Gasteiger partial charge in [0.1, 0.15) is 6.54 Å². The molecule has 1 aliphatic carbocycles. The summed E-state index contributed by atoms with van der Waals surface area (Å²) in [5.41, 5.74) is -1.73. The number of nitrogens with one attached hydrogen (secondary N) is 2. The normalized spacial score (nSPS) is 17.6. The highest BCUT2D eigenvalue weighted by Crippen LogP contribution is 2.27. The Bertz CT molecular complexity index is 584. The summed E-state index contributed by atoms with van der Waals surface area (Å²) < 4.78 is 0.947. The van der Waals surface area contributed by atoms with Crippen LogP contribution in [-0.4, -0.2) is 32.9 Å². The largest absolute Gasteiger partial charge is 0.388 e. The Balaban J connectivity index is 1.91. The van der Waals surface area contributed by atoms with E-state index in [-0.39, 0.29) is 13.1 Å². The number of carbonyl (C=O) groups excluding carboxylic acids is 1. The first-order valence-electron chi connectivity index (χ1n) is 6.78. The van der Waals surface area contributed by atoms with E-state index in [9.17, 15) is 19.5 Å². The minimum atomic E-state index is -0.844. The molecule has 0 spiro atoms. The Morgan fingerprint density at radius 3 is 2.70 bits per heavy atom. The Hall–Kier alpha value is -1.89. The van der Waals surface area contributed by atoms with Gasteiger partial charge in [-0.1, -0.05) is 19.3 Å². The molecule has 0 bridgehead atoms. The molecule has 7 heteroatoms. The second-order valence-electron chi connectivity index (χ2n) is 5.30. The van der Waals surface area contributed by atoms with Gasteiger partial charge in [0.15, 0.2) is 0 Å². The zero-order chi connectivity index (χ0) is 14.6. The smallest absolute Gasteiger partial charge is 0.265 e.